The van der Waals surface area contributed by atoms with Crippen LogP contribution in [0.4, 0.5) is 4.79 Å². The first kappa shape index (κ1) is 30.6. The lowest BCUT2D eigenvalue weighted by Crippen LogP contribution is -2.41. The number of methoxy groups -OCH3 is 1. The second kappa shape index (κ2) is 13.5. The van der Waals surface area contributed by atoms with Crippen LogP contribution in [0.1, 0.15) is 74.9 Å². The third-order valence-corrected chi connectivity index (χ3v) is 6.87. The van der Waals surface area contributed by atoms with Crippen LogP contribution >= 0.6 is 0 Å². The van der Waals surface area contributed by atoms with Gasteiger partial charge in [-0.2, -0.15) is 0 Å². The Kier molecular flexibility index (Phi) is 9.83. The van der Waals surface area contributed by atoms with Gasteiger partial charge in [-0.05, 0) is 74.9 Å². The van der Waals surface area contributed by atoms with Crippen molar-refractivity contribution in [3.05, 3.63) is 77.5 Å². The standard InChI is InChI=1S/C31H34N4O5.C2H6/c1-31(2,3)40-30(37)35-14-12-21(13-15-35)23-17-25-28(32-18-23)34-27(33-25)22-10-11-26(24(16-22)29(36)38-4)39-19-20-8-6-5-7-9-20;1-2/h5-11,16-18,21H,12-15,19H2,1-4H3,(H,32,33,34);1-2H3. The van der Waals surface area contributed by atoms with E-state index in [9.17, 15) is 9.59 Å². The van der Waals surface area contributed by atoms with Crippen LogP contribution in [-0.2, 0) is 16.1 Å². The molecule has 0 unspecified atom stereocenters. The fourth-order valence-corrected chi connectivity index (χ4v) is 4.81. The number of nitrogens with zero attached hydrogens (tertiary/aromatic N) is 3. The number of piperidine rings is 1. The van der Waals surface area contributed by atoms with Gasteiger partial charge in [-0.3, -0.25) is 0 Å². The number of hydrogen-bond donors (Lipinski definition) is 1. The molecule has 0 spiro atoms. The van der Waals surface area contributed by atoms with Crippen molar-refractivity contribution in [1.29, 1.82) is 0 Å². The summed E-state index contributed by atoms with van der Waals surface area (Å²) in [6.45, 7) is 11.2. The van der Waals surface area contributed by atoms with E-state index < -0.39 is 11.6 Å². The Balaban J connectivity index is 0.00000198. The second-order valence-corrected chi connectivity index (χ2v) is 10.9. The number of benzene rings is 2. The summed E-state index contributed by atoms with van der Waals surface area (Å²) in [5.74, 6) is 0.835. The highest BCUT2D eigenvalue weighted by atomic mass is 16.6. The van der Waals surface area contributed by atoms with Crippen molar-refractivity contribution >= 4 is 23.2 Å². The van der Waals surface area contributed by atoms with Crippen molar-refractivity contribution in [3.8, 4) is 17.1 Å². The third-order valence-electron chi connectivity index (χ3n) is 6.87. The molecule has 0 saturated carbocycles. The topological polar surface area (TPSA) is 107 Å². The van der Waals surface area contributed by atoms with Crippen LogP contribution in [0.3, 0.4) is 0 Å². The quantitative estimate of drug-likeness (QED) is 0.245. The Bertz CT molecular complexity index is 1500. The SMILES string of the molecule is CC.COC(=O)c1cc(-c2nc3ncc(C4CCN(C(=O)OC(C)(C)C)CC4)cc3[nH]2)ccc1OCc1ccccc1. The fraction of sp³-hybridized carbons (Fsp3) is 0.394. The molecule has 9 nitrogen and oxygen atoms in total. The summed E-state index contributed by atoms with van der Waals surface area (Å²) in [5.41, 5.74) is 4.04. The first-order chi connectivity index (χ1) is 20.2. The lowest BCUT2D eigenvalue weighted by atomic mass is 9.90. The van der Waals surface area contributed by atoms with E-state index in [2.05, 4.69) is 21.0 Å². The van der Waals surface area contributed by atoms with Gasteiger partial charge in [0.1, 0.15) is 29.3 Å². The minimum Gasteiger partial charge on any atom is -0.488 e. The van der Waals surface area contributed by atoms with E-state index in [0.717, 1.165) is 35.0 Å². The molecule has 1 N–H and O–H groups in total. The fourth-order valence-electron chi connectivity index (χ4n) is 4.81. The highest BCUT2D eigenvalue weighted by Gasteiger charge is 2.28. The summed E-state index contributed by atoms with van der Waals surface area (Å²) in [6.07, 6.45) is 3.27. The maximum atomic E-state index is 12.6. The molecule has 42 heavy (non-hydrogen) atoms. The Morgan fingerprint density at radius 2 is 1.74 bits per heavy atom. The van der Waals surface area contributed by atoms with Gasteiger partial charge in [0.05, 0.1) is 12.6 Å². The smallest absolute Gasteiger partial charge is 0.410 e. The number of hydrogen-bond acceptors (Lipinski definition) is 7. The Labute approximate surface area is 247 Å². The summed E-state index contributed by atoms with van der Waals surface area (Å²) >= 11 is 0. The molecule has 0 radical (unpaired) electrons. The number of carbonyl (C=O) groups is 2. The number of imidazole rings is 1. The zero-order valence-electron chi connectivity index (χ0n) is 25.3. The van der Waals surface area contributed by atoms with Gasteiger partial charge in [-0.1, -0.05) is 44.2 Å². The van der Waals surface area contributed by atoms with Gasteiger partial charge < -0.3 is 24.1 Å². The molecule has 4 aromatic rings. The molecule has 0 bridgehead atoms. The molecule has 1 amide bonds. The van der Waals surface area contributed by atoms with Crippen molar-refractivity contribution in [2.24, 2.45) is 0 Å². The van der Waals surface area contributed by atoms with E-state index in [-0.39, 0.29) is 12.0 Å². The van der Waals surface area contributed by atoms with Gasteiger partial charge >= 0.3 is 12.1 Å². The average Bonchev–Trinajstić information content (AvgIpc) is 3.44. The number of fused-ring (bicyclic) bond motifs is 1. The summed E-state index contributed by atoms with van der Waals surface area (Å²) in [5, 5.41) is 0. The minimum atomic E-state index is -0.506. The van der Waals surface area contributed by atoms with Crippen LogP contribution in [-0.4, -0.2) is 57.7 Å². The molecule has 1 saturated heterocycles. The number of carbonyl (C=O) groups excluding carboxylic acids is 2. The molecule has 1 fully saturated rings. The number of pyridine rings is 1. The molecule has 1 aliphatic heterocycles. The molecule has 0 atom stereocenters. The van der Waals surface area contributed by atoms with Gasteiger partial charge in [0.2, 0.25) is 0 Å². The van der Waals surface area contributed by atoms with Crippen LogP contribution in [0.5, 0.6) is 5.75 Å². The first-order valence-electron chi connectivity index (χ1n) is 14.4. The monoisotopic (exact) mass is 572 g/mol. The van der Waals surface area contributed by atoms with Crippen LogP contribution in [0.25, 0.3) is 22.6 Å². The Hall–Kier alpha value is -4.40. The van der Waals surface area contributed by atoms with Crippen molar-refractivity contribution in [1.82, 2.24) is 19.9 Å². The van der Waals surface area contributed by atoms with Crippen LogP contribution in [0.2, 0.25) is 0 Å². The molecular formula is C33H40N4O5. The highest BCUT2D eigenvalue weighted by Crippen LogP contribution is 2.31. The number of esters is 1. The Morgan fingerprint density at radius 1 is 1.02 bits per heavy atom. The van der Waals surface area contributed by atoms with E-state index >= 15 is 0 Å². The van der Waals surface area contributed by atoms with Gasteiger partial charge in [0.15, 0.2) is 5.65 Å². The first-order valence-corrected chi connectivity index (χ1v) is 14.4. The van der Waals surface area contributed by atoms with Crippen molar-refractivity contribution in [3.63, 3.8) is 0 Å². The average molecular weight is 573 g/mol. The normalized spacial score (nSPS) is 13.7. The number of H-pyrrole nitrogens is 1. The Morgan fingerprint density at radius 3 is 2.40 bits per heavy atom. The largest absolute Gasteiger partial charge is 0.488 e. The van der Waals surface area contributed by atoms with Crippen molar-refractivity contribution in [2.75, 3.05) is 20.2 Å². The lowest BCUT2D eigenvalue weighted by molar-refractivity contribution is 0.0204. The molecular weight excluding hydrogens is 532 g/mol. The number of rotatable bonds is 6. The predicted octanol–water partition coefficient (Wildman–Crippen LogP) is 7.13. The van der Waals surface area contributed by atoms with Crippen LogP contribution in [0.15, 0.2) is 60.8 Å². The zero-order chi connectivity index (χ0) is 30.3. The van der Waals surface area contributed by atoms with E-state index in [1.807, 2.05) is 77.2 Å². The highest BCUT2D eigenvalue weighted by molar-refractivity contribution is 5.94. The van der Waals surface area contributed by atoms with Crippen molar-refractivity contribution in [2.45, 2.75) is 65.6 Å². The maximum Gasteiger partial charge on any atom is 0.410 e. The van der Waals surface area contributed by atoms with E-state index in [4.69, 9.17) is 14.2 Å². The summed E-state index contributed by atoms with van der Waals surface area (Å²) in [4.78, 5) is 39.4. The van der Waals surface area contributed by atoms with E-state index in [1.165, 1.54) is 7.11 Å². The van der Waals surface area contributed by atoms with Gasteiger partial charge in [0, 0.05) is 24.8 Å². The molecule has 5 rings (SSSR count). The zero-order valence-corrected chi connectivity index (χ0v) is 25.3. The molecule has 1 aliphatic rings. The maximum absolute atomic E-state index is 12.6. The minimum absolute atomic E-state index is 0.263. The van der Waals surface area contributed by atoms with Crippen LogP contribution in [0, 0.1) is 0 Å². The number of ether oxygens (including phenoxy) is 3. The molecule has 222 valence electrons. The van der Waals surface area contributed by atoms with Gasteiger partial charge in [-0.25, -0.2) is 19.6 Å². The molecule has 2 aromatic heterocycles. The number of likely N-dealkylation sites (tertiary alicyclic amines) is 1. The van der Waals surface area contributed by atoms with E-state index in [1.54, 1.807) is 17.0 Å². The summed E-state index contributed by atoms with van der Waals surface area (Å²) < 4.78 is 16.5. The van der Waals surface area contributed by atoms with Gasteiger partial charge in [0.25, 0.3) is 0 Å². The summed E-state index contributed by atoms with van der Waals surface area (Å²) in [7, 11) is 1.35. The molecule has 3 heterocycles. The number of aromatic nitrogens is 3. The molecule has 9 heteroatoms. The lowest BCUT2D eigenvalue weighted by Gasteiger charge is -2.33. The second-order valence-electron chi connectivity index (χ2n) is 10.9. The number of nitrogens with one attached hydrogen (secondary N) is 1. The predicted molar refractivity (Wildman–Crippen MR) is 163 cm³/mol. The van der Waals surface area contributed by atoms with Crippen molar-refractivity contribution < 1.29 is 23.8 Å². The number of amides is 1. The number of aromatic amines is 1. The molecule has 2 aromatic carbocycles. The van der Waals surface area contributed by atoms with Crippen LogP contribution < -0.4 is 4.74 Å². The molecule has 0 aliphatic carbocycles. The summed E-state index contributed by atoms with van der Waals surface area (Å²) in [6, 6.07) is 17.2. The third kappa shape index (κ3) is 7.46. The van der Waals surface area contributed by atoms with Gasteiger partial charge in [-0.15, -0.1) is 0 Å². The van der Waals surface area contributed by atoms with E-state index in [0.29, 0.717) is 42.5 Å².